The van der Waals surface area contributed by atoms with Crippen molar-refractivity contribution in [2.75, 3.05) is 13.1 Å². The normalized spacial score (nSPS) is 25.3. The maximum absolute atomic E-state index is 12.5. The van der Waals surface area contributed by atoms with Crippen molar-refractivity contribution in [2.45, 2.75) is 26.7 Å². The average Bonchev–Trinajstić information content (AvgIpc) is 3.03. The van der Waals surface area contributed by atoms with Crippen molar-refractivity contribution in [1.29, 1.82) is 0 Å². The molecule has 1 aliphatic heterocycles. The molecule has 4 heteroatoms. The smallest absolute Gasteiger partial charge is 0.263 e. The van der Waals surface area contributed by atoms with Gasteiger partial charge in [-0.05, 0) is 50.7 Å². The number of rotatable bonds is 2. The number of allylic oxidation sites excluding steroid dienone is 2. The minimum atomic E-state index is 0.0315. The largest absolute Gasteiger partial charge is 0.337 e. The number of Topliss-reactive ketones (excluding diaryl/α,β-unsaturated/α-hetero) is 1. The Morgan fingerprint density at radius 3 is 2.60 bits per heavy atom. The van der Waals surface area contributed by atoms with Gasteiger partial charge in [0.15, 0.2) is 5.78 Å². The summed E-state index contributed by atoms with van der Waals surface area (Å²) in [7, 11) is 0. The fraction of sp³-hybridized carbons (Fsp3) is 0.500. The Morgan fingerprint density at radius 1 is 1.20 bits per heavy atom. The summed E-state index contributed by atoms with van der Waals surface area (Å²) < 4.78 is 0. The summed E-state index contributed by atoms with van der Waals surface area (Å²) in [4.78, 5) is 27.2. The fourth-order valence-electron chi connectivity index (χ4n) is 3.25. The van der Waals surface area contributed by atoms with E-state index in [9.17, 15) is 9.59 Å². The predicted octanol–water partition coefficient (Wildman–Crippen LogP) is 3.38. The Bertz CT molecular complexity index is 587. The minimum Gasteiger partial charge on any atom is -0.337 e. The van der Waals surface area contributed by atoms with Gasteiger partial charge in [0.1, 0.15) is 0 Å². The lowest BCUT2D eigenvalue weighted by molar-refractivity contribution is 0.0788. The highest BCUT2D eigenvalue weighted by Crippen LogP contribution is 2.36. The summed E-state index contributed by atoms with van der Waals surface area (Å²) in [6, 6.07) is 3.55. The van der Waals surface area contributed by atoms with Gasteiger partial charge >= 0.3 is 0 Å². The Kier molecular flexibility index (Phi) is 3.50. The van der Waals surface area contributed by atoms with Gasteiger partial charge in [0, 0.05) is 13.1 Å². The second kappa shape index (κ2) is 5.17. The zero-order chi connectivity index (χ0) is 14.3. The van der Waals surface area contributed by atoms with E-state index >= 15 is 0 Å². The van der Waals surface area contributed by atoms with E-state index in [1.54, 1.807) is 19.1 Å². The molecule has 0 radical (unpaired) electrons. The first-order valence-corrected chi connectivity index (χ1v) is 7.92. The van der Waals surface area contributed by atoms with E-state index in [1.807, 2.05) is 4.90 Å². The van der Waals surface area contributed by atoms with Crippen molar-refractivity contribution < 1.29 is 9.59 Å². The van der Waals surface area contributed by atoms with Gasteiger partial charge in [-0.15, -0.1) is 11.3 Å². The summed E-state index contributed by atoms with van der Waals surface area (Å²) in [5, 5.41) is 0. The molecule has 0 N–H and O–H groups in total. The van der Waals surface area contributed by atoms with Crippen LogP contribution in [0.5, 0.6) is 0 Å². The molecular formula is C16H19NO2S. The van der Waals surface area contributed by atoms with Gasteiger partial charge in [0.05, 0.1) is 9.75 Å². The van der Waals surface area contributed by atoms with Crippen LogP contribution in [0.2, 0.25) is 0 Å². The second-order valence-corrected chi connectivity index (χ2v) is 7.02. The Morgan fingerprint density at radius 2 is 1.90 bits per heavy atom. The van der Waals surface area contributed by atoms with Gasteiger partial charge in [-0.1, -0.05) is 11.6 Å². The van der Waals surface area contributed by atoms with Crippen molar-refractivity contribution in [2.24, 2.45) is 11.8 Å². The van der Waals surface area contributed by atoms with Gasteiger partial charge < -0.3 is 4.90 Å². The van der Waals surface area contributed by atoms with Crippen LogP contribution in [0, 0.1) is 11.8 Å². The average molecular weight is 289 g/mol. The molecule has 3 nitrogen and oxygen atoms in total. The van der Waals surface area contributed by atoms with Gasteiger partial charge in [0.25, 0.3) is 5.91 Å². The lowest BCUT2D eigenvalue weighted by Gasteiger charge is -2.21. The van der Waals surface area contributed by atoms with Gasteiger partial charge in [-0.25, -0.2) is 0 Å². The third-order valence-electron chi connectivity index (χ3n) is 4.38. The lowest BCUT2D eigenvalue weighted by atomic mass is 9.83. The van der Waals surface area contributed by atoms with Gasteiger partial charge in [-0.3, -0.25) is 9.59 Å². The fourth-order valence-corrected chi connectivity index (χ4v) is 4.12. The number of likely N-dealkylation sites (tertiary alicyclic amines) is 1. The lowest BCUT2D eigenvalue weighted by Crippen LogP contribution is -2.28. The molecule has 3 rings (SSSR count). The van der Waals surface area contributed by atoms with Crippen LogP contribution in [0.3, 0.4) is 0 Å². The molecule has 0 unspecified atom stereocenters. The van der Waals surface area contributed by atoms with Crippen LogP contribution in [0.1, 0.15) is 46.0 Å². The third-order valence-corrected chi connectivity index (χ3v) is 5.55. The molecule has 1 aromatic heterocycles. The zero-order valence-corrected chi connectivity index (χ0v) is 12.7. The number of fused-ring (bicyclic) bond motifs is 1. The maximum atomic E-state index is 12.5. The Labute approximate surface area is 123 Å². The summed E-state index contributed by atoms with van der Waals surface area (Å²) >= 11 is 1.32. The van der Waals surface area contributed by atoms with Crippen molar-refractivity contribution in [3.05, 3.63) is 33.5 Å². The number of nitrogens with zero attached hydrogens (tertiary/aromatic N) is 1. The highest BCUT2D eigenvalue weighted by molar-refractivity contribution is 7.15. The van der Waals surface area contributed by atoms with Gasteiger partial charge in [-0.2, -0.15) is 0 Å². The van der Waals surface area contributed by atoms with E-state index in [4.69, 9.17) is 0 Å². The SMILES string of the molecule is CC(=O)c1ccc(C(=O)N2C[C@H]3CC=C(C)C[C@H]3C2)s1. The Balaban J connectivity index is 1.71. The highest BCUT2D eigenvalue weighted by atomic mass is 32.1. The first-order chi connectivity index (χ1) is 9.54. The summed E-state index contributed by atoms with van der Waals surface area (Å²) in [5.74, 6) is 1.37. The van der Waals surface area contributed by atoms with E-state index in [1.165, 1.54) is 16.9 Å². The molecule has 2 atom stereocenters. The van der Waals surface area contributed by atoms with Gasteiger partial charge in [0.2, 0.25) is 0 Å². The number of carbonyl (C=O) groups excluding carboxylic acids is 2. The predicted molar refractivity (Wildman–Crippen MR) is 80.2 cm³/mol. The number of amides is 1. The van der Waals surface area contributed by atoms with E-state index in [2.05, 4.69) is 13.0 Å². The zero-order valence-electron chi connectivity index (χ0n) is 11.9. The first kappa shape index (κ1) is 13.6. The number of carbonyl (C=O) groups is 2. The number of hydrogen-bond acceptors (Lipinski definition) is 3. The number of hydrogen-bond donors (Lipinski definition) is 0. The summed E-state index contributed by atoms with van der Waals surface area (Å²) in [6.45, 7) is 5.45. The van der Waals surface area contributed by atoms with Crippen LogP contribution in [-0.2, 0) is 0 Å². The topological polar surface area (TPSA) is 37.4 Å². The summed E-state index contributed by atoms with van der Waals surface area (Å²) in [6.07, 6.45) is 4.54. The molecule has 0 bridgehead atoms. The molecule has 1 amide bonds. The Hall–Kier alpha value is -1.42. The van der Waals surface area contributed by atoms with Crippen molar-refractivity contribution in [3.8, 4) is 0 Å². The van der Waals surface area contributed by atoms with Crippen LogP contribution >= 0.6 is 11.3 Å². The van der Waals surface area contributed by atoms with Crippen molar-refractivity contribution in [1.82, 2.24) is 4.90 Å². The molecule has 0 aromatic carbocycles. The van der Waals surface area contributed by atoms with E-state index < -0.39 is 0 Å². The molecule has 2 aliphatic rings. The maximum Gasteiger partial charge on any atom is 0.263 e. The first-order valence-electron chi connectivity index (χ1n) is 7.10. The molecule has 1 aromatic rings. The third kappa shape index (κ3) is 2.44. The monoisotopic (exact) mass is 289 g/mol. The molecule has 2 heterocycles. The van der Waals surface area contributed by atoms with Crippen LogP contribution in [-0.4, -0.2) is 29.7 Å². The molecular weight excluding hydrogens is 270 g/mol. The molecule has 1 fully saturated rings. The highest BCUT2D eigenvalue weighted by Gasteiger charge is 2.36. The number of ketones is 1. The van der Waals surface area contributed by atoms with E-state index in [0.29, 0.717) is 21.6 Å². The van der Waals surface area contributed by atoms with Crippen LogP contribution in [0.25, 0.3) is 0 Å². The molecule has 0 saturated carbocycles. The molecule has 0 spiro atoms. The molecule has 1 aliphatic carbocycles. The number of thiophene rings is 1. The minimum absolute atomic E-state index is 0.0315. The molecule has 106 valence electrons. The molecule has 20 heavy (non-hydrogen) atoms. The quantitative estimate of drug-likeness (QED) is 0.618. The second-order valence-electron chi connectivity index (χ2n) is 5.94. The van der Waals surface area contributed by atoms with E-state index in [0.717, 1.165) is 25.9 Å². The molecule has 1 saturated heterocycles. The van der Waals surface area contributed by atoms with Crippen molar-refractivity contribution in [3.63, 3.8) is 0 Å². The van der Waals surface area contributed by atoms with Crippen LogP contribution in [0.4, 0.5) is 0 Å². The van der Waals surface area contributed by atoms with E-state index in [-0.39, 0.29) is 11.7 Å². The van der Waals surface area contributed by atoms with Crippen LogP contribution in [0.15, 0.2) is 23.8 Å². The standard InChI is InChI=1S/C16H19NO2S/c1-10-3-4-12-8-17(9-13(12)7-10)16(19)15-6-5-14(20-15)11(2)18/h3,5-6,12-13H,4,7-9H2,1-2H3/t12-,13+/m1/s1. The van der Waals surface area contributed by atoms with Crippen molar-refractivity contribution >= 4 is 23.0 Å². The van der Waals surface area contributed by atoms with Crippen LogP contribution < -0.4 is 0 Å². The summed E-state index contributed by atoms with van der Waals surface area (Å²) in [5.41, 5.74) is 1.45.